The van der Waals surface area contributed by atoms with Gasteiger partial charge in [-0.2, -0.15) is 0 Å². The van der Waals surface area contributed by atoms with Crippen LogP contribution in [0.15, 0.2) is 55.4 Å². The van der Waals surface area contributed by atoms with Crippen molar-refractivity contribution in [3.05, 3.63) is 156 Å². The van der Waals surface area contributed by atoms with Gasteiger partial charge in [0.05, 0.1) is 87.5 Å². The van der Waals surface area contributed by atoms with E-state index >= 15 is 13.2 Å². The lowest BCUT2D eigenvalue weighted by atomic mass is 9.91. The van der Waals surface area contributed by atoms with E-state index in [4.69, 9.17) is 90.6 Å². The SMILES string of the molecule is Cc1nc(C(C)c2cc(Cl)c(F)c(C(=O)N3CC(C)OC(C)C3)c2OC(C)C)n2ccnc(N)c12.Cc1nc(C(C)c2cc(Cl)c(F)c(C(=O)NC3CCCCC3O)c2OC(C)C)n2ccnc(N)c12.Cc1nc(C(C)c2cc(Cl)c(F)c(C(=O)NC3CCCOC3)c2OC(C)C)n2ccnc(N)c12. The number of morpholine rings is 1. The standard InChI is InChI=1S/2C25H31ClFN5O3.C24H29ClFN5O3/c1-12(2)34-22-17(15(5)24-30-16(6)21-23(28)29-7-8-32(21)24)9-18(26)20(27)19(22)25(33)31-10-13(3)35-14(4)11-31;1-12(2)35-22-15(13(3)24-30-14(4)21-23(28)29-9-10-32(21)24)11-16(26)20(27)19(22)25(34)31-17-7-5-6-8-18(17)33;1-12(2)34-21-16(13(3)23-29-14(4)20-22(27)28-7-8-31(20)23)10-17(25)19(26)18(21)24(32)30-15-6-5-9-33-11-15/h7-9,12-15H,10-11H2,1-6H3,(H2,28,29);9-13,17-18,33H,5-8H2,1-4H3,(H2,28,29)(H,31,34);7-8,10,12-13,15H,5-6,9,11H2,1-4H3,(H2,27,28)(H,30,32). The van der Waals surface area contributed by atoms with Crippen LogP contribution in [0.2, 0.25) is 15.1 Å². The Hall–Kier alpha value is -8.73. The van der Waals surface area contributed by atoms with Gasteiger partial charge in [0.15, 0.2) is 17.5 Å². The van der Waals surface area contributed by atoms with E-state index in [2.05, 4.69) is 25.6 Å². The smallest absolute Gasteiger partial charge is 0.260 e. The number of anilines is 3. The first-order chi connectivity index (χ1) is 49.3. The van der Waals surface area contributed by atoms with Crippen LogP contribution in [0.3, 0.4) is 0 Å². The zero-order valence-electron chi connectivity index (χ0n) is 60.8. The highest BCUT2D eigenvalue weighted by Gasteiger charge is 2.38. The summed E-state index contributed by atoms with van der Waals surface area (Å²) in [5, 5.41) is 15.5. The molecule has 6 aromatic heterocycles. The van der Waals surface area contributed by atoms with Crippen LogP contribution in [0, 0.1) is 38.2 Å². The summed E-state index contributed by atoms with van der Waals surface area (Å²) in [7, 11) is 0. The van der Waals surface area contributed by atoms with Gasteiger partial charge in [0.1, 0.15) is 85.4 Å². The van der Waals surface area contributed by atoms with Crippen molar-refractivity contribution >= 4 is 86.5 Å². The van der Waals surface area contributed by atoms with Crippen LogP contribution >= 0.6 is 34.8 Å². The molecule has 9 N–H and O–H groups in total. The summed E-state index contributed by atoms with van der Waals surface area (Å²) in [4.78, 5) is 68.5. The predicted molar refractivity (Wildman–Crippen MR) is 393 cm³/mol. The maximum Gasteiger partial charge on any atom is 0.260 e. The summed E-state index contributed by atoms with van der Waals surface area (Å²) in [5.74, 6) is -2.05. The first-order valence-electron chi connectivity index (χ1n) is 34.9. The number of hydrogen-bond acceptors (Lipinski definition) is 18. The maximum absolute atomic E-state index is 15.5. The molecule has 12 rings (SSSR count). The number of carbonyl (C=O) groups excluding carboxylic acids is 3. The zero-order chi connectivity index (χ0) is 75.6. The number of imidazole rings is 3. The molecule has 9 aromatic rings. The van der Waals surface area contributed by atoms with Gasteiger partial charge < -0.3 is 61.5 Å². The number of halogens is 6. The van der Waals surface area contributed by atoms with Crippen molar-refractivity contribution in [2.75, 3.05) is 43.5 Å². The van der Waals surface area contributed by atoms with Crippen molar-refractivity contribution in [3.8, 4) is 17.2 Å². The molecule has 3 aliphatic rings. The van der Waals surface area contributed by atoms with Crippen LogP contribution in [-0.4, -0.2) is 146 Å². The number of hydrogen-bond donors (Lipinski definition) is 6. The molecule has 104 heavy (non-hydrogen) atoms. The van der Waals surface area contributed by atoms with E-state index in [1.807, 2.05) is 96.3 Å². The van der Waals surface area contributed by atoms with Gasteiger partial charge in [-0.05, 0) is 120 Å². The number of aromatic nitrogens is 9. The predicted octanol–water partition coefficient (Wildman–Crippen LogP) is 13.2. The van der Waals surface area contributed by atoms with E-state index in [0.717, 1.165) is 25.7 Å². The molecule has 1 saturated carbocycles. The van der Waals surface area contributed by atoms with Crippen LogP contribution in [-0.2, 0) is 9.47 Å². The molecule has 0 bridgehead atoms. The molecule has 3 amide bonds. The lowest BCUT2D eigenvalue weighted by Gasteiger charge is -2.36. The fourth-order valence-electron chi connectivity index (χ4n) is 13.8. The molecule has 3 aromatic carbocycles. The van der Waals surface area contributed by atoms with Crippen molar-refractivity contribution in [1.82, 2.24) is 58.6 Å². The minimum atomic E-state index is -0.862. The molecule has 1 aliphatic carbocycles. The summed E-state index contributed by atoms with van der Waals surface area (Å²) < 4.78 is 81.2. The number of nitrogens with zero attached hydrogens (tertiary/aromatic N) is 10. The quantitative estimate of drug-likeness (QED) is 0.0493. The molecule has 2 aliphatic heterocycles. The Labute approximate surface area is 616 Å². The molecule has 0 radical (unpaired) electrons. The Morgan fingerprint density at radius 1 is 0.558 bits per heavy atom. The van der Waals surface area contributed by atoms with Gasteiger partial charge in [0.25, 0.3) is 17.7 Å². The van der Waals surface area contributed by atoms with E-state index < -0.39 is 65.1 Å². The number of aliphatic hydroxyl groups is 1. The minimum Gasteiger partial charge on any atom is -0.490 e. The van der Waals surface area contributed by atoms with Gasteiger partial charge >= 0.3 is 0 Å². The Bertz CT molecular complexity index is 4670. The number of ether oxygens (including phenoxy) is 5. The van der Waals surface area contributed by atoms with Crippen LogP contribution in [0.1, 0.15) is 215 Å². The topological polar surface area (TPSA) is 314 Å². The average Bonchev–Trinajstić information content (AvgIpc) is 1.42. The highest BCUT2D eigenvalue weighted by atomic mass is 35.5. The number of rotatable bonds is 17. The van der Waals surface area contributed by atoms with Crippen molar-refractivity contribution in [1.29, 1.82) is 0 Å². The lowest BCUT2D eigenvalue weighted by Crippen LogP contribution is -2.48. The lowest BCUT2D eigenvalue weighted by molar-refractivity contribution is -0.0588. The number of nitrogens with two attached hydrogens (primary N) is 3. The molecule has 24 nitrogen and oxygen atoms in total. The van der Waals surface area contributed by atoms with Crippen LogP contribution in [0.4, 0.5) is 30.6 Å². The minimum absolute atomic E-state index is 0.105. The largest absolute Gasteiger partial charge is 0.490 e. The number of nitrogens with one attached hydrogen (secondary N) is 2. The molecular formula is C74H91Cl3F3N15O9. The number of carbonyl (C=O) groups is 3. The second kappa shape index (κ2) is 32.7. The maximum atomic E-state index is 15.5. The monoisotopic (exact) mass is 1500 g/mol. The first kappa shape index (κ1) is 77.9. The molecule has 8 atom stereocenters. The molecule has 8 unspecified atom stereocenters. The summed E-state index contributed by atoms with van der Waals surface area (Å²) in [6.45, 7) is 27.6. The summed E-state index contributed by atoms with van der Waals surface area (Å²) in [6, 6.07) is 3.83. The van der Waals surface area contributed by atoms with Crippen LogP contribution in [0.25, 0.3) is 16.6 Å². The number of nitrogen functional groups attached to an aromatic ring is 3. The number of aryl methyl sites for hydroxylation is 3. The summed E-state index contributed by atoms with van der Waals surface area (Å²) in [6.07, 6.45) is 12.6. The normalized spacial score (nSPS) is 18.6. The zero-order valence-corrected chi connectivity index (χ0v) is 63.1. The third-order valence-electron chi connectivity index (χ3n) is 18.5. The van der Waals surface area contributed by atoms with Gasteiger partial charge in [0, 0.05) is 91.3 Å². The van der Waals surface area contributed by atoms with E-state index in [1.165, 1.54) is 18.2 Å². The number of amides is 3. The number of aliphatic hydroxyl groups excluding tert-OH is 1. The summed E-state index contributed by atoms with van der Waals surface area (Å²) >= 11 is 19.0. The average molecular weight is 1500 g/mol. The van der Waals surface area contributed by atoms with Crippen molar-refractivity contribution < 1.29 is 56.3 Å². The molecule has 0 spiro atoms. The van der Waals surface area contributed by atoms with Gasteiger partial charge in [-0.25, -0.2) is 43.1 Å². The molecule has 2 saturated heterocycles. The third-order valence-corrected chi connectivity index (χ3v) is 19.3. The van der Waals surface area contributed by atoms with Gasteiger partial charge in [-0.1, -0.05) is 68.4 Å². The van der Waals surface area contributed by atoms with Crippen molar-refractivity contribution in [2.24, 2.45) is 0 Å². The fourth-order valence-corrected chi connectivity index (χ4v) is 14.4. The van der Waals surface area contributed by atoms with Crippen molar-refractivity contribution in [2.45, 2.75) is 202 Å². The number of fused-ring (bicyclic) bond motifs is 3. The van der Waals surface area contributed by atoms with Crippen molar-refractivity contribution in [3.63, 3.8) is 0 Å². The van der Waals surface area contributed by atoms with E-state index in [-0.39, 0.29) is 85.6 Å². The van der Waals surface area contributed by atoms with E-state index in [0.29, 0.717) is 124 Å². The Kier molecular flexibility index (Phi) is 24.5. The third kappa shape index (κ3) is 16.4. The highest BCUT2D eigenvalue weighted by Crippen LogP contribution is 2.44. The van der Waals surface area contributed by atoms with Crippen LogP contribution < -0.4 is 42.0 Å². The second-order valence-electron chi connectivity index (χ2n) is 27.6. The van der Waals surface area contributed by atoms with E-state index in [9.17, 15) is 19.5 Å². The molecular weight excluding hydrogens is 1410 g/mol. The Morgan fingerprint density at radius 2 is 0.923 bits per heavy atom. The molecule has 30 heteroatoms. The van der Waals surface area contributed by atoms with Crippen LogP contribution in [0.5, 0.6) is 17.2 Å². The van der Waals surface area contributed by atoms with E-state index in [1.54, 1.807) is 55.9 Å². The van der Waals surface area contributed by atoms with Gasteiger partial charge in [-0.15, -0.1) is 0 Å². The fraction of sp³-hybridized carbons (Fsp3) is 0.473. The number of benzene rings is 3. The first-order valence-corrected chi connectivity index (χ1v) is 36.1. The second-order valence-corrected chi connectivity index (χ2v) is 28.8. The highest BCUT2D eigenvalue weighted by molar-refractivity contribution is 6.32. The summed E-state index contributed by atoms with van der Waals surface area (Å²) in [5.41, 5.74) is 23.4. The molecule has 3 fully saturated rings. The molecule has 558 valence electrons. The van der Waals surface area contributed by atoms with Gasteiger partial charge in [0.2, 0.25) is 0 Å². The Balaban J connectivity index is 0.000000167. The Morgan fingerprint density at radius 3 is 1.29 bits per heavy atom. The molecule has 8 heterocycles. The van der Waals surface area contributed by atoms with Gasteiger partial charge in [-0.3, -0.25) is 27.6 Å².